The van der Waals surface area contributed by atoms with Crippen molar-refractivity contribution in [3.63, 3.8) is 0 Å². The van der Waals surface area contributed by atoms with Crippen molar-refractivity contribution in [3.05, 3.63) is 24.3 Å². The number of hydrogen-bond acceptors (Lipinski definition) is 4. The van der Waals surface area contributed by atoms with E-state index in [0.29, 0.717) is 25.9 Å². The average Bonchev–Trinajstić information content (AvgIpc) is 2.56. The molecule has 1 aliphatic heterocycles. The van der Waals surface area contributed by atoms with Crippen molar-refractivity contribution in [2.45, 2.75) is 39.3 Å². The molecule has 0 saturated carbocycles. The molecule has 0 radical (unpaired) electrons. The highest BCUT2D eigenvalue weighted by Crippen LogP contribution is 2.25. The van der Waals surface area contributed by atoms with Crippen molar-refractivity contribution in [1.82, 2.24) is 10.2 Å². The van der Waals surface area contributed by atoms with Crippen LogP contribution in [-0.2, 0) is 9.59 Å². The molecule has 1 saturated heterocycles. The van der Waals surface area contributed by atoms with Crippen LogP contribution in [0.3, 0.4) is 0 Å². The lowest BCUT2D eigenvalue weighted by atomic mass is 9.95. The monoisotopic (exact) mass is 369 g/mol. The van der Waals surface area contributed by atoms with E-state index in [1.54, 1.807) is 12.1 Å². The molecule has 0 atom stereocenters. The van der Waals surface area contributed by atoms with Gasteiger partial charge in [0.15, 0.2) is 0 Å². The minimum atomic E-state index is -2.95. The molecule has 0 bridgehead atoms. The average molecular weight is 369 g/mol. The molecule has 0 aliphatic carbocycles. The standard InChI is InChI=1S/C18H25F2N3O3/c1-12(2)21-17(25)13-7-9-23(10-8-13)11-16(24)22-14-5-3-4-6-15(14)26-18(19)20/h3-6,12-13,18H,7-11H2,1-2H3,(H,21,25)(H,22,24). The second-order valence-corrected chi connectivity index (χ2v) is 6.64. The number of rotatable bonds is 7. The summed E-state index contributed by atoms with van der Waals surface area (Å²) in [6, 6.07) is 6.19. The van der Waals surface area contributed by atoms with Crippen molar-refractivity contribution < 1.29 is 23.1 Å². The second-order valence-electron chi connectivity index (χ2n) is 6.64. The van der Waals surface area contributed by atoms with Crippen LogP contribution in [0.1, 0.15) is 26.7 Å². The highest BCUT2D eigenvalue weighted by Gasteiger charge is 2.26. The molecular formula is C18H25F2N3O3. The summed E-state index contributed by atoms with van der Waals surface area (Å²) in [5.41, 5.74) is 0.212. The number of benzene rings is 1. The van der Waals surface area contributed by atoms with Gasteiger partial charge in [-0.15, -0.1) is 0 Å². The van der Waals surface area contributed by atoms with E-state index in [2.05, 4.69) is 15.4 Å². The van der Waals surface area contributed by atoms with Gasteiger partial charge in [0.05, 0.1) is 12.2 Å². The molecule has 1 aliphatic rings. The Hall–Kier alpha value is -2.22. The van der Waals surface area contributed by atoms with Crippen LogP contribution in [-0.4, -0.2) is 49.0 Å². The number of anilines is 1. The number of carbonyl (C=O) groups is 2. The fourth-order valence-electron chi connectivity index (χ4n) is 2.92. The topological polar surface area (TPSA) is 70.7 Å². The summed E-state index contributed by atoms with van der Waals surface area (Å²) in [5.74, 6) is -0.348. The zero-order valence-corrected chi connectivity index (χ0v) is 15.0. The van der Waals surface area contributed by atoms with Crippen LogP contribution in [0.4, 0.5) is 14.5 Å². The maximum absolute atomic E-state index is 12.4. The molecule has 0 unspecified atom stereocenters. The van der Waals surface area contributed by atoms with Gasteiger partial charge in [0, 0.05) is 12.0 Å². The molecule has 8 heteroatoms. The Balaban J connectivity index is 1.82. The van der Waals surface area contributed by atoms with Crippen molar-refractivity contribution in [1.29, 1.82) is 0 Å². The summed E-state index contributed by atoms with van der Waals surface area (Å²) in [6.07, 6.45) is 1.38. The lowest BCUT2D eigenvalue weighted by Gasteiger charge is -2.31. The molecule has 2 rings (SSSR count). The normalized spacial score (nSPS) is 15.9. The van der Waals surface area contributed by atoms with Crippen LogP contribution >= 0.6 is 0 Å². The number of para-hydroxylation sites is 2. The molecule has 0 aromatic heterocycles. The van der Waals surface area contributed by atoms with E-state index in [1.165, 1.54) is 12.1 Å². The zero-order chi connectivity index (χ0) is 19.1. The minimum absolute atomic E-state index is 0.0307. The van der Waals surface area contributed by atoms with Crippen molar-refractivity contribution in [3.8, 4) is 5.75 Å². The molecule has 2 N–H and O–H groups in total. The number of hydrogen-bond donors (Lipinski definition) is 2. The highest BCUT2D eigenvalue weighted by atomic mass is 19.3. The van der Waals surface area contributed by atoms with E-state index >= 15 is 0 Å². The smallest absolute Gasteiger partial charge is 0.387 e. The fourth-order valence-corrected chi connectivity index (χ4v) is 2.92. The minimum Gasteiger partial charge on any atom is -0.433 e. The number of nitrogens with zero attached hydrogens (tertiary/aromatic N) is 1. The SMILES string of the molecule is CC(C)NC(=O)C1CCN(CC(=O)Nc2ccccc2OC(F)F)CC1. The first-order valence-electron chi connectivity index (χ1n) is 8.71. The number of piperidine rings is 1. The first-order chi connectivity index (χ1) is 12.3. The lowest BCUT2D eigenvalue weighted by molar-refractivity contribution is -0.127. The Labute approximate surface area is 151 Å². The number of nitrogens with one attached hydrogen (secondary N) is 2. The Morgan fingerprint density at radius 1 is 1.23 bits per heavy atom. The quantitative estimate of drug-likeness (QED) is 0.775. The van der Waals surface area contributed by atoms with Gasteiger partial charge in [-0.1, -0.05) is 12.1 Å². The summed E-state index contributed by atoms with van der Waals surface area (Å²) in [4.78, 5) is 26.2. The van der Waals surface area contributed by atoms with Gasteiger partial charge in [0.1, 0.15) is 5.75 Å². The molecule has 144 valence electrons. The highest BCUT2D eigenvalue weighted by molar-refractivity contribution is 5.93. The second kappa shape index (κ2) is 9.47. The molecule has 6 nitrogen and oxygen atoms in total. The number of halogens is 2. The Morgan fingerprint density at radius 2 is 1.88 bits per heavy atom. The fraction of sp³-hybridized carbons (Fsp3) is 0.556. The summed E-state index contributed by atoms with van der Waals surface area (Å²) in [7, 11) is 0. The first kappa shape index (κ1) is 20.1. The van der Waals surface area contributed by atoms with Gasteiger partial charge < -0.3 is 15.4 Å². The molecule has 2 amide bonds. The van der Waals surface area contributed by atoms with Crippen molar-refractivity contribution in [2.75, 3.05) is 25.0 Å². The number of alkyl halides is 2. The maximum atomic E-state index is 12.4. The molecule has 1 heterocycles. The predicted octanol–water partition coefficient (Wildman–Crippen LogP) is 2.46. The van der Waals surface area contributed by atoms with Gasteiger partial charge in [-0.05, 0) is 51.9 Å². The van der Waals surface area contributed by atoms with Gasteiger partial charge in [-0.2, -0.15) is 8.78 Å². The first-order valence-corrected chi connectivity index (χ1v) is 8.71. The van der Waals surface area contributed by atoms with Crippen LogP contribution in [0.5, 0.6) is 5.75 Å². The van der Waals surface area contributed by atoms with Gasteiger partial charge in [0.2, 0.25) is 11.8 Å². The Bertz CT molecular complexity index is 617. The van der Waals surface area contributed by atoms with E-state index < -0.39 is 6.61 Å². The number of ether oxygens (including phenoxy) is 1. The summed E-state index contributed by atoms with van der Waals surface area (Å²) < 4.78 is 29.2. The van der Waals surface area contributed by atoms with Crippen molar-refractivity contribution in [2.24, 2.45) is 5.92 Å². The van der Waals surface area contributed by atoms with Crippen LogP contribution in [0.15, 0.2) is 24.3 Å². The van der Waals surface area contributed by atoms with Gasteiger partial charge >= 0.3 is 6.61 Å². The molecule has 1 aromatic rings. The van der Waals surface area contributed by atoms with Crippen LogP contribution in [0.25, 0.3) is 0 Å². The van der Waals surface area contributed by atoms with E-state index in [0.717, 1.165) is 0 Å². The lowest BCUT2D eigenvalue weighted by Crippen LogP contribution is -2.44. The number of amides is 2. The third kappa shape index (κ3) is 6.25. The molecule has 1 fully saturated rings. The summed E-state index contributed by atoms with van der Waals surface area (Å²) in [5, 5.41) is 5.52. The predicted molar refractivity (Wildman–Crippen MR) is 94.1 cm³/mol. The Morgan fingerprint density at radius 3 is 2.50 bits per heavy atom. The maximum Gasteiger partial charge on any atom is 0.387 e. The van der Waals surface area contributed by atoms with Crippen LogP contribution in [0.2, 0.25) is 0 Å². The van der Waals surface area contributed by atoms with Crippen LogP contribution < -0.4 is 15.4 Å². The summed E-state index contributed by atoms with van der Waals surface area (Å²) in [6.45, 7) is 2.31. The van der Waals surface area contributed by atoms with E-state index in [9.17, 15) is 18.4 Å². The van der Waals surface area contributed by atoms with Crippen LogP contribution in [0, 0.1) is 5.92 Å². The van der Waals surface area contributed by atoms with Crippen molar-refractivity contribution >= 4 is 17.5 Å². The third-order valence-electron chi connectivity index (χ3n) is 4.13. The largest absolute Gasteiger partial charge is 0.433 e. The molecule has 1 aromatic carbocycles. The zero-order valence-electron chi connectivity index (χ0n) is 15.0. The van der Waals surface area contributed by atoms with Gasteiger partial charge in [-0.25, -0.2) is 0 Å². The van der Waals surface area contributed by atoms with E-state index in [4.69, 9.17) is 0 Å². The van der Waals surface area contributed by atoms with Gasteiger partial charge in [0.25, 0.3) is 0 Å². The van der Waals surface area contributed by atoms with E-state index in [1.807, 2.05) is 18.7 Å². The van der Waals surface area contributed by atoms with E-state index in [-0.39, 0.29) is 41.8 Å². The summed E-state index contributed by atoms with van der Waals surface area (Å²) >= 11 is 0. The number of likely N-dealkylation sites (tertiary alicyclic amines) is 1. The van der Waals surface area contributed by atoms with Gasteiger partial charge in [-0.3, -0.25) is 14.5 Å². The molecular weight excluding hydrogens is 344 g/mol. The Kier molecular flexibility index (Phi) is 7.32. The third-order valence-corrected chi connectivity index (χ3v) is 4.13. The molecule has 26 heavy (non-hydrogen) atoms. The molecule has 0 spiro atoms. The number of carbonyl (C=O) groups excluding carboxylic acids is 2.